The summed E-state index contributed by atoms with van der Waals surface area (Å²) in [6.07, 6.45) is 0. The molecule has 0 radical (unpaired) electrons. The van der Waals surface area contributed by atoms with Gasteiger partial charge in [-0.2, -0.15) is 0 Å². The average Bonchev–Trinajstić information content (AvgIpc) is 2.30. The molecule has 98 valence electrons. The summed E-state index contributed by atoms with van der Waals surface area (Å²) in [5, 5.41) is 19.0. The van der Waals surface area contributed by atoms with Crippen molar-refractivity contribution >= 4 is 27.8 Å². The van der Waals surface area contributed by atoms with Gasteiger partial charge in [-0.25, -0.2) is 5.06 Å². The van der Waals surface area contributed by atoms with Gasteiger partial charge in [-0.3, -0.25) is 14.8 Å². The zero-order chi connectivity index (χ0) is 13.9. The molecule has 5 nitrogen and oxygen atoms in total. The molecule has 0 heterocycles. The van der Waals surface area contributed by atoms with Crippen LogP contribution in [0.25, 0.3) is 0 Å². The quantitative estimate of drug-likeness (QED) is 0.507. The highest BCUT2D eigenvalue weighted by Crippen LogP contribution is 2.22. The van der Waals surface area contributed by atoms with Gasteiger partial charge in [-0.15, -0.1) is 0 Å². The SMILES string of the molecule is CC(C)(C(=O)O)C(=O)N(O)Cc1ccccc1Br. The van der Waals surface area contributed by atoms with Gasteiger partial charge in [0, 0.05) is 4.47 Å². The molecule has 0 fully saturated rings. The standard InChI is InChI=1S/C12H14BrNO4/c1-12(2,11(16)17)10(15)14(18)7-8-5-3-4-6-9(8)13/h3-6,18H,7H2,1-2H3,(H,16,17). The summed E-state index contributed by atoms with van der Waals surface area (Å²) in [5.74, 6) is -2.13. The van der Waals surface area contributed by atoms with E-state index in [0.29, 0.717) is 10.6 Å². The second-order valence-corrected chi connectivity index (χ2v) is 5.24. The smallest absolute Gasteiger partial charge is 0.318 e. The maximum atomic E-state index is 11.8. The molecule has 0 saturated heterocycles. The van der Waals surface area contributed by atoms with E-state index < -0.39 is 17.3 Å². The normalized spacial score (nSPS) is 11.1. The maximum absolute atomic E-state index is 11.8. The number of hydroxylamine groups is 2. The van der Waals surface area contributed by atoms with Crippen molar-refractivity contribution in [3.05, 3.63) is 34.3 Å². The van der Waals surface area contributed by atoms with Crippen LogP contribution < -0.4 is 0 Å². The van der Waals surface area contributed by atoms with Gasteiger partial charge in [-0.1, -0.05) is 34.1 Å². The number of hydrogen-bond donors (Lipinski definition) is 2. The van der Waals surface area contributed by atoms with Crippen molar-refractivity contribution in [1.82, 2.24) is 5.06 Å². The zero-order valence-corrected chi connectivity index (χ0v) is 11.6. The third kappa shape index (κ3) is 3.08. The van der Waals surface area contributed by atoms with E-state index in [1.54, 1.807) is 24.3 Å². The molecule has 18 heavy (non-hydrogen) atoms. The van der Waals surface area contributed by atoms with Gasteiger partial charge in [0.1, 0.15) is 5.41 Å². The third-order valence-electron chi connectivity index (χ3n) is 2.58. The van der Waals surface area contributed by atoms with E-state index in [9.17, 15) is 14.8 Å². The molecule has 0 spiro atoms. The molecule has 0 unspecified atom stereocenters. The molecular weight excluding hydrogens is 302 g/mol. The van der Waals surface area contributed by atoms with Crippen molar-refractivity contribution in [3.8, 4) is 0 Å². The van der Waals surface area contributed by atoms with Crippen molar-refractivity contribution in [3.63, 3.8) is 0 Å². The zero-order valence-electron chi connectivity index (χ0n) is 10.1. The largest absolute Gasteiger partial charge is 0.480 e. The Balaban J connectivity index is 2.84. The van der Waals surface area contributed by atoms with Crippen LogP contribution in [0.3, 0.4) is 0 Å². The predicted molar refractivity (Wildman–Crippen MR) is 67.9 cm³/mol. The Morgan fingerprint density at radius 1 is 1.33 bits per heavy atom. The van der Waals surface area contributed by atoms with Gasteiger partial charge < -0.3 is 5.11 Å². The molecule has 1 amide bonds. The Morgan fingerprint density at radius 2 is 1.89 bits per heavy atom. The van der Waals surface area contributed by atoms with Crippen LogP contribution in [0.2, 0.25) is 0 Å². The van der Waals surface area contributed by atoms with E-state index in [1.165, 1.54) is 13.8 Å². The first-order valence-electron chi connectivity index (χ1n) is 5.24. The predicted octanol–water partition coefficient (Wildman–Crippen LogP) is 2.28. The van der Waals surface area contributed by atoms with Crippen molar-refractivity contribution < 1.29 is 19.9 Å². The molecule has 1 aromatic carbocycles. The summed E-state index contributed by atoms with van der Waals surface area (Å²) >= 11 is 3.29. The molecule has 0 aromatic heterocycles. The van der Waals surface area contributed by atoms with E-state index in [2.05, 4.69) is 15.9 Å². The number of benzene rings is 1. The summed E-state index contributed by atoms with van der Waals surface area (Å²) in [5.41, 5.74) is -0.967. The fourth-order valence-electron chi connectivity index (χ4n) is 1.27. The Hall–Kier alpha value is -1.40. The summed E-state index contributed by atoms with van der Waals surface area (Å²) < 4.78 is 0.741. The lowest BCUT2D eigenvalue weighted by Crippen LogP contribution is -2.43. The minimum Gasteiger partial charge on any atom is -0.480 e. The molecule has 2 N–H and O–H groups in total. The number of hydrogen-bond acceptors (Lipinski definition) is 3. The van der Waals surface area contributed by atoms with Gasteiger partial charge in [-0.05, 0) is 25.5 Å². The van der Waals surface area contributed by atoms with Crippen molar-refractivity contribution in [2.45, 2.75) is 20.4 Å². The third-order valence-corrected chi connectivity index (χ3v) is 3.36. The van der Waals surface area contributed by atoms with Crippen molar-refractivity contribution in [2.24, 2.45) is 5.41 Å². The molecular formula is C12H14BrNO4. The van der Waals surface area contributed by atoms with Crippen LogP contribution in [-0.4, -0.2) is 27.3 Å². The first-order valence-corrected chi connectivity index (χ1v) is 6.03. The van der Waals surface area contributed by atoms with Gasteiger partial charge in [0.2, 0.25) is 0 Å². The molecule has 6 heteroatoms. The molecule has 1 rings (SSSR count). The van der Waals surface area contributed by atoms with Crippen LogP contribution in [0.15, 0.2) is 28.7 Å². The maximum Gasteiger partial charge on any atom is 0.318 e. The monoisotopic (exact) mass is 315 g/mol. The van der Waals surface area contributed by atoms with Crippen LogP contribution in [0.1, 0.15) is 19.4 Å². The second-order valence-electron chi connectivity index (χ2n) is 4.38. The van der Waals surface area contributed by atoms with E-state index in [0.717, 1.165) is 4.47 Å². The Labute approximate surface area is 113 Å². The van der Waals surface area contributed by atoms with Gasteiger partial charge >= 0.3 is 5.97 Å². The number of aliphatic carboxylic acids is 1. The Bertz CT molecular complexity index is 473. The molecule has 0 aliphatic carbocycles. The van der Waals surface area contributed by atoms with Gasteiger partial charge in [0.15, 0.2) is 0 Å². The van der Waals surface area contributed by atoms with E-state index in [4.69, 9.17) is 5.11 Å². The minimum absolute atomic E-state index is 0.0725. The first-order chi connectivity index (χ1) is 8.26. The summed E-state index contributed by atoms with van der Waals surface area (Å²) in [6.45, 7) is 2.43. The molecule has 0 bridgehead atoms. The van der Waals surface area contributed by atoms with E-state index >= 15 is 0 Å². The Morgan fingerprint density at radius 3 is 2.39 bits per heavy atom. The molecule has 0 aliphatic rings. The first kappa shape index (κ1) is 14.7. The molecule has 0 atom stereocenters. The highest BCUT2D eigenvalue weighted by molar-refractivity contribution is 9.10. The number of halogens is 1. The van der Waals surface area contributed by atoms with Crippen molar-refractivity contribution in [2.75, 3.05) is 0 Å². The lowest BCUT2D eigenvalue weighted by Gasteiger charge is -2.24. The van der Waals surface area contributed by atoms with Crippen molar-refractivity contribution in [1.29, 1.82) is 0 Å². The fraction of sp³-hybridized carbons (Fsp3) is 0.333. The number of carboxylic acids is 1. The summed E-state index contributed by atoms with van der Waals surface area (Å²) in [4.78, 5) is 22.7. The van der Waals surface area contributed by atoms with Crippen LogP contribution in [0.4, 0.5) is 0 Å². The number of carboxylic acid groups (broad SMARTS) is 1. The second kappa shape index (κ2) is 5.49. The van der Waals surface area contributed by atoms with E-state index in [1.807, 2.05) is 0 Å². The number of carbonyl (C=O) groups is 2. The highest BCUT2D eigenvalue weighted by Gasteiger charge is 2.39. The lowest BCUT2D eigenvalue weighted by molar-refractivity contribution is -0.184. The summed E-state index contributed by atoms with van der Waals surface area (Å²) in [7, 11) is 0. The van der Waals surface area contributed by atoms with Crippen LogP contribution >= 0.6 is 15.9 Å². The molecule has 0 aliphatic heterocycles. The highest BCUT2D eigenvalue weighted by atomic mass is 79.9. The van der Waals surface area contributed by atoms with Crippen LogP contribution in [0, 0.1) is 5.41 Å². The molecule has 1 aromatic rings. The summed E-state index contributed by atoms with van der Waals surface area (Å²) in [6, 6.07) is 7.07. The molecule has 0 saturated carbocycles. The minimum atomic E-state index is -1.66. The number of rotatable bonds is 4. The van der Waals surface area contributed by atoms with Crippen LogP contribution in [0.5, 0.6) is 0 Å². The number of amides is 1. The average molecular weight is 316 g/mol. The topological polar surface area (TPSA) is 77.8 Å². The van der Waals surface area contributed by atoms with Gasteiger partial charge in [0.25, 0.3) is 5.91 Å². The fourth-order valence-corrected chi connectivity index (χ4v) is 1.68. The number of nitrogens with zero attached hydrogens (tertiary/aromatic N) is 1. The number of carbonyl (C=O) groups excluding carboxylic acids is 1. The van der Waals surface area contributed by atoms with Crippen LogP contribution in [-0.2, 0) is 16.1 Å². The van der Waals surface area contributed by atoms with Gasteiger partial charge in [0.05, 0.1) is 6.54 Å². The Kier molecular flexibility index (Phi) is 4.48. The van der Waals surface area contributed by atoms with E-state index in [-0.39, 0.29) is 6.54 Å². The lowest BCUT2D eigenvalue weighted by atomic mass is 9.92.